The first-order valence-corrected chi connectivity index (χ1v) is 24.1. The maximum absolute atomic E-state index is 6.69. The molecule has 68 heavy (non-hydrogen) atoms. The summed E-state index contributed by atoms with van der Waals surface area (Å²) in [6, 6.07) is 91.4. The minimum atomic E-state index is -0.549. The van der Waals surface area contributed by atoms with E-state index in [1.54, 1.807) is 0 Å². The molecule has 1 aliphatic rings. The summed E-state index contributed by atoms with van der Waals surface area (Å²) >= 11 is 1.87. The van der Waals surface area contributed by atoms with Gasteiger partial charge in [-0.05, 0) is 104 Å². The molecule has 0 atom stereocenters. The molecule has 0 spiro atoms. The van der Waals surface area contributed by atoms with E-state index in [0.29, 0.717) is 0 Å². The topological polar surface area (TPSA) is 16.4 Å². The Morgan fingerprint density at radius 1 is 0.382 bits per heavy atom. The molecule has 13 aromatic rings. The van der Waals surface area contributed by atoms with Gasteiger partial charge in [-0.15, -0.1) is 11.3 Å². The lowest BCUT2D eigenvalue weighted by Crippen LogP contribution is -2.28. The minimum absolute atomic E-state index is 0.549. The highest BCUT2D eigenvalue weighted by Crippen LogP contribution is 2.60. The second-order valence-corrected chi connectivity index (χ2v) is 18.9. The minimum Gasteiger partial charge on any atom is -0.456 e. The van der Waals surface area contributed by atoms with E-state index < -0.39 is 5.41 Å². The van der Waals surface area contributed by atoms with Crippen molar-refractivity contribution in [3.63, 3.8) is 0 Å². The molecule has 2 nitrogen and oxygen atoms in total. The van der Waals surface area contributed by atoms with Gasteiger partial charge >= 0.3 is 0 Å². The Kier molecular flexibility index (Phi) is 8.71. The van der Waals surface area contributed by atoms with Gasteiger partial charge in [0.05, 0.1) is 16.8 Å². The first-order chi connectivity index (χ1) is 33.7. The van der Waals surface area contributed by atoms with Gasteiger partial charge in [0.25, 0.3) is 0 Å². The van der Waals surface area contributed by atoms with Crippen LogP contribution >= 0.6 is 11.3 Å². The van der Waals surface area contributed by atoms with Crippen LogP contribution in [0, 0.1) is 0 Å². The van der Waals surface area contributed by atoms with Crippen molar-refractivity contribution < 1.29 is 4.42 Å². The van der Waals surface area contributed by atoms with Crippen LogP contribution in [-0.4, -0.2) is 0 Å². The normalized spacial score (nSPS) is 12.8. The molecule has 0 fully saturated rings. The molecule has 0 amide bonds. The van der Waals surface area contributed by atoms with Gasteiger partial charge < -0.3 is 9.32 Å². The molecule has 2 aromatic heterocycles. The predicted octanol–water partition coefficient (Wildman–Crippen LogP) is 18.3. The van der Waals surface area contributed by atoms with Crippen LogP contribution in [0.25, 0.3) is 86.3 Å². The third-order valence-electron chi connectivity index (χ3n) is 14.3. The first-order valence-electron chi connectivity index (χ1n) is 23.3. The van der Waals surface area contributed by atoms with Crippen LogP contribution < -0.4 is 4.90 Å². The average Bonchev–Trinajstić information content (AvgIpc) is 4.07. The number of nitrogens with zero attached hydrogens (tertiary/aromatic N) is 1. The predicted molar refractivity (Wildman–Crippen MR) is 287 cm³/mol. The molecule has 318 valence electrons. The van der Waals surface area contributed by atoms with Crippen molar-refractivity contribution in [1.82, 2.24) is 0 Å². The van der Waals surface area contributed by atoms with E-state index in [1.807, 2.05) is 11.3 Å². The number of anilines is 3. The summed E-state index contributed by atoms with van der Waals surface area (Å²) in [5.41, 5.74) is 16.7. The van der Waals surface area contributed by atoms with Crippen molar-refractivity contribution in [2.75, 3.05) is 4.90 Å². The number of thiophene rings is 1. The molecule has 14 rings (SSSR count). The fourth-order valence-electron chi connectivity index (χ4n) is 11.5. The number of rotatable bonds is 7. The average molecular weight is 884 g/mol. The number of benzene rings is 11. The monoisotopic (exact) mass is 883 g/mol. The number of hydrogen-bond donors (Lipinski definition) is 0. The Labute approximate surface area is 398 Å². The molecular weight excluding hydrogens is 843 g/mol. The summed E-state index contributed by atoms with van der Waals surface area (Å²) < 4.78 is 9.31. The fourth-order valence-corrected chi connectivity index (χ4v) is 12.7. The van der Waals surface area contributed by atoms with Crippen molar-refractivity contribution in [2.45, 2.75) is 5.41 Å². The maximum Gasteiger partial charge on any atom is 0.136 e. The second kappa shape index (κ2) is 15.3. The van der Waals surface area contributed by atoms with Crippen molar-refractivity contribution >= 4 is 81.3 Å². The first kappa shape index (κ1) is 38.7. The molecule has 0 radical (unpaired) electrons. The maximum atomic E-state index is 6.69. The molecule has 0 aliphatic heterocycles. The summed E-state index contributed by atoms with van der Waals surface area (Å²) in [6.45, 7) is 0. The smallest absolute Gasteiger partial charge is 0.136 e. The van der Waals surface area contributed by atoms with E-state index in [2.05, 4.69) is 254 Å². The molecule has 0 saturated heterocycles. The van der Waals surface area contributed by atoms with E-state index in [0.717, 1.165) is 50.1 Å². The highest BCUT2D eigenvalue weighted by Gasteiger charge is 2.47. The lowest BCUT2D eigenvalue weighted by atomic mass is 9.68. The van der Waals surface area contributed by atoms with Crippen molar-refractivity contribution in [3.05, 3.63) is 271 Å². The summed E-state index contributed by atoms with van der Waals surface area (Å²) in [6.07, 6.45) is 0. The molecular formula is C65H41NOS. The lowest BCUT2D eigenvalue weighted by molar-refractivity contribution is 0.669. The highest BCUT2D eigenvalue weighted by molar-refractivity contribution is 7.26. The zero-order chi connectivity index (χ0) is 44.8. The molecule has 3 heteroatoms. The van der Waals surface area contributed by atoms with Gasteiger partial charge in [-0.2, -0.15) is 0 Å². The van der Waals surface area contributed by atoms with Crippen molar-refractivity contribution in [1.29, 1.82) is 0 Å². The zero-order valence-electron chi connectivity index (χ0n) is 36.9. The van der Waals surface area contributed by atoms with Crippen LogP contribution in [0.4, 0.5) is 17.1 Å². The fraction of sp³-hybridized carbons (Fsp3) is 0.0154. The van der Waals surface area contributed by atoms with Crippen LogP contribution in [0.1, 0.15) is 22.3 Å². The van der Waals surface area contributed by atoms with Crippen LogP contribution in [0.3, 0.4) is 0 Å². The van der Waals surface area contributed by atoms with Gasteiger partial charge in [0, 0.05) is 47.8 Å². The van der Waals surface area contributed by atoms with E-state index in [9.17, 15) is 0 Å². The second-order valence-electron chi connectivity index (χ2n) is 17.9. The van der Waals surface area contributed by atoms with Crippen LogP contribution in [0.15, 0.2) is 253 Å². The van der Waals surface area contributed by atoms with Gasteiger partial charge in [-0.25, -0.2) is 0 Å². The van der Waals surface area contributed by atoms with Crippen LogP contribution in [0.5, 0.6) is 0 Å². The standard InChI is InChI=1S/C65H41NOS/c1-3-20-45(21-4-1)65(46-22-5-2-6-23-46)55-30-12-9-26-53(55)63-56(65)31-17-33-58(63)66(47-38-36-42(37-39-47)48-27-15-29-52-50-25-11-14-35-61(50)68-64(48)52)57-32-13-10-24-49(57)51-28-16-34-59-62(51)54-40-43-18-7-8-19-44(43)41-60(54)67-59/h1-41H. The third-order valence-corrected chi connectivity index (χ3v) is 15.6. The summed E-state index contributed by atoms with van der Waals surface area (Å²) in [5.74, 6) is 0. The Bertz CT molecular complexity index is 4050. The van der Waals surface area contributed by atoms with Crippen molar-refractivity contribution in [3.8, 4) is 33.4 Å². The van der Waals surface area contributed by atoms with E-state index in [-0.39, 0.29) is 0 Å². The molecule has 0 N–H and O–H groups in total. The van der Waals surface area contributed by atoms with Gasteiger partial charge in [-0.3, -0.25) is 0 Å². The molecule has 0 unspecified atom stereocenters. The largest absolute Gasteiger partial charge is 0.456 e. The van der Waals surface area contributed by atoms with Gasteiger partial charge in [-0.1, -0.05) is 200 Å². The van der Waals surface area contributed by atoms with E-state index in [4.69, 9.17) is 4.42 Å². The molecule has 2 heterocycles. The SMILES string of the molecule is c1ccc(C2(c3ccccc3)c3ccccc3-c3c(N(c4ccc(-c5cccc6c5sc5ccccc56)cc4)c4ccccc4-c4cccc5oc6cc7ccccc7cc6c45)cccc32)cc1. The number of furan rings is 1. The lowest BCUT2D eigenvalue weighted by Gasteiger charge is -2.34. The number of fused-ring (bicyclic) bond motifs is 10. The summed E-state index contributed by atoms with van der Waals surface area (Å²) in [4.78, 5) is 2.51. The summed E-state index contributed by atoms with van der Waals surface area (Å²) in [7, 11) is 0. The highest BCUT2D eigenvalue weighted by atomic mass is 32.1. The Hall–Kier alpha value is -8.50. The number of hydrogen-bond acceptors (Lipinski definition) is 3. The van der Waals surface area contributed by atoms with E-state index >= 15 is 0 Å². The van der Waals surface area contributed by atoms with Gasteiger partial charge in [0.1, 0.15) is 11.2 Å². The zero-order valence-corrected chi connectivity index (χ0v) is 37.8. The van der Waals surface area contributed by atoms with Crippen LogP contribution in [0.2, 0.25) is 0 Å². The third kappa shape index (κ3) is 5.70. The van der Waals surface area contributed by atoms with Gasteiger partial charge in [0.2, 0.25) is 0 Å². The Morgan fingerprint density at radius 2 is 0.971 bits per heavy atom. The summed E-state index contributed by atoms with van der Waals surface area (Å²) in [5, 5.41) is 7.19. The van der Waals surface area contributed by atoms with Gasteiger partial charge in [0.15, 0.2) is 0 Å². The van der Waals surface area contributed by atoms with Crippen molar-refractivity contribution in [2.24, 2.45) is 0 Å². The molecule has 1 aliphatic carbocycles. The molecule has 0 bridgehead atoms. The quantitative estimate of drug-likeness (QED) is 0.159. The molecule has 11 aromatic carbocycles. The van der Waals surface area contributed by atoms with Crippen LogP contribution in [-0.2, 0) is 5.41 Å². The Balaban J connectivity index is 1.04. The van der Waals surface area contributed by atoms with E-state index in [1.165, 1.54) is 75.5 Å². The number of para-hydroxylation sites is 1. The Morgan fingerprint density at radius 3 is 1.78 bits per heavy atom. The molecule has 0 saturated carbocycles.